The number of ether oxygens (including phenoxy) is 1. The lowest BCUT2D eigenvalue weighted by atomic mass is 9.99. The topological polar surface area (TPSA) is 209 Å². The van der Waals surface area contributed by atoms with Gasteiger partial charge in [-0.25, -0.2) is 19.2 Å². The second-order valence-electron chi connectivity index (χ2n) is 15.0. The molecule has 306 valence electrons. The number of hydrogen-bond acceptors (Lipinski definition) is 12. The number of carbonyl (C=O) groups is 1. The van der Waals surface area contributed by atoms with E-state index in [1.165, 1.54) is 9.80 Å². The molecule has 3 aromatic heterocycles. The van der Waals surface area contributed by atoms with E-state index >= 15 is 22.4 Å². The van der Waals surface area contributed by atoms with Crippen molar-refractivity contribution in [2.75, 3.05) is 31.1 Å². The molecule has 1 fully saturated rings. The number of benzene rings is 1. The molecule has 1 aromatic carbocycles. The fourth-order valence-corrected chi connectivity index (χ4v) is 6.92. The van der Waals surface area contributed by atoms with E-state index in [1.807, 2.05) is 0 Å². The molecule has 0 aliphatic carbocycles. The first-order valence-electron chi connectivity index (χ1n) is 17.8. The summed E-state index contributed by atoms with van der Waals surface area (Å²) >= 11 is 0. The molecule has 0 unspecified atom stereocenters. The Bertz CT molecular complexity index is 2360. The average Bonchev–Trinajstić information content (AvgIpc) is 3.10. The summed E-state index contributed by atoms with van der Waals surface area (Å²) in [7, 11) is 0. The van der Waals surface area contributed by atoms with Crippen LogP contribution in [0.4, 0.5) is 39.4 Å². The largest absolute Gasteiger partial charge is 0.444 e. The maximum absolute atomic E-state index is 15.7. The Morgan fingerprint density at radius 1 is 0.947 bits per heavy atom. The van der Waals surface area contributed by atoms with Crippen LogP contribution in [0.2, 0.25) is 0 Å². The summed E-state index contributed by atoms with van der Waals surface area (Å²) in [6, 6.07) is 1.35. The number of halogens is 4. The molecule has 1 aliphatic rings. The molecular formula is C36H40F4N8O9. The Kier molecular flexibility index (Phi) is 11.5. The summed E-state index contributed by atoms with van der Waals surface area (Å²) in [5.41, 5.74) is -11.9. The molecule has 0 radical (unpaired) electrons. The summed E-state index contributed by atoms with van der Waals surface area (Å²) in [5.74, 6) is -2.76. The van der Waals surface area contributed by atoms with Gasteiger partial charge in [0.05, 0.1) is 26.9 Å². The van der Waals surface area contributed by atoms with Crippen LogP contribution in [0.3, 0.4) is 0 Å². The van der Waals surface area contributed by atoms with Crippen LogP contribution in [0, 0.1) is 26.0 Å². The highest BCUT2D eigenvalue weighted by molar-refractivity contribution is 5.98. The second-order valence-corrected chi connectivity index (χ2v) is 15.0. The van der Waals surface area contributed by atoms with E-state index in [4.69, 9.17) is 4.74 Å². The van der Waals surface area contributed by atoms with Crippen LogP contribution < -0.4 is 16.0 Å². The van der Waals surface area contributed by atoms with Crippen LogP contribution in [-0.4, -0.2) is 82.9 Å². The van der Waals surface area contributed by atoms with Gasteiger partial charge >= 0.3 is 23.5 Å². The SMILES string of the molecule is CC(C)c1ncnc(C(C)C)c1-n1c(=O)c([N+](=O)[O-])c(N2CCN(C(=O)OC(C)(C)C)C[C@@H]2CCO)c2cc(C(F)(F)F)n(-c3c(F)cccc3[N+](=O)[O-])c(=O)c21. The van der Waals surface area contributed by atoms with Crippen LogP contribution in [0.1, 0.15) is 83.8 Å². The van der Waals surface area contributed by atoms with Gasteiger partial charge in [-0.15, -0.1) is 0 Å². The maximum atomic E-state index is 15.7. The molecule has 1 saturated heterocycles. The third kappa shape index (κ3) is 7.87. The maximum Gasteiger partial charge on any atom is 0.431 e. The Labute approximate surface area is 321 Å². The number of piperazine rings is 1. The number of nitro groups is 2. The Morgan fingerprint density at radius 3 is 2.07 bits per heavy atom. The van der Waals surface area contributed by atoms with Gasteiger partial charge in [0, 0.05) is 43.7 Å². The van der Waals surface area contributed by atoms with Gasteiger partial charge in [0.1, 0.15) is 28.8 Å². The number of fused-ring (bicyclic) bond motifs is 1. The predicted octanol–water partition coefficient (Wildman–Crippen LogP) is 5.96. The Morgan fingerprint density at radius 2 is 1.56 bits per heavy atom. The normalized spacial score (nSPS) is 15.2. The Hall–Kier alpha value is -5.99. The van der Waals surface area contributed by atoms with Gasteiger partial charge in [0.15, 0.2) is 11.5 Å². The lowest BCUT2D eigenvalue weighted by molar-refractivity contribution is -0.385. The zero-order chi connectivity index (χ0) is 42.5. The zero-order valence-electron chi connectivity index (χ0n) is 32.0. The molecule has 0 saturated carbocycles. The van der Waals surface area contributed by atoms with E-state index in [0.717, 1.165) is 12.4 Å². The molecule has 0 spiro atoms. The third-order valence-electron chi connectivity index (χ3n) is 9.23. The molecule has 21 heteroatoms. The van der Waals surface area contributed by atoms with Gasteiger partial charge in [-0.05, 0) is 51.2 Å². The van der Waals surface area contributed by atoms with Crippen LogP contribution >= 0.6 is 0 Å². The number of pyridine rings is 2. The van der Waals surface area contributed by atoms with Crippen molar-refractivity contribution >= 4 is 34.1 Å². The van der Waals surface area contributed by atoms with Crippen molar-refractivity contribution in [1.82, 2.24) is 24.0 Å². The molecule has 4 aromatic rings. The van der Waals surface area contributed by atoms with Crippen LogP contribution in [0.5, 0.6) is 0 Å². The number of anilines is 1. The number of aromatic nitrogens is 4. The minimum absolute atomic E-state index is 0.0611. The number of alkyl halides is 3. The number of para-hydroxylation sites is 1. The van der Waals surface area contributed by atoms with Gasteiger partial charge in [0.25, 0.3) is 11.2 Å². The number of aliphatic hydroxyl groups is 1. The van der Waals surface area contributed by atoms with Crippen molar-refractivity contribution in [2.45, 2.75) is 84.5 Å². The van der Waals surface area contributed by atoms with Gasteiger partial charge in [0.2, 0.25) is 0 Å². The van der Waals surface area contributed by atoms with E-state index in [0.29, 0.717) is 22.8 Å². The fraction of sp³-hybridized carbons (Fsp3) is 0.472. The minimum Gasteiger partial charge on any atom is -0.444 e. The molecule has 1 atom stereocenters. The van der Waals surface area contributed by atoms with Crippen molar-refractivity contribution in [3.63, 3.8) is 0 Å². The minimum atomic E-state index is -5.57. The molecule has 4 heterocycles. The van der Waals surface area contributed by atoms with Crippen molar-refractivity contribution < 1.29 is 42.0 Å². The van der Waals surface area contributed by atoms with Crippen molar-refractivity contribution in [1.29, 1.82) is 0 Å². The first-order valence-corrected chi connectivity index (χ1v) is 17.8. The lowest BCUT2D eigenvalue weighted by Gasteiger charge is -2.43. The summed E-state index contributed by atoms with van der Waals surface area (Å²) in [6.45, 7) is 9.93. The summed E-state index contributed by atoms with van der Waals surface area (Å²) in [5, 5.41) is 34.5. The van der Waals surface area contributed by atoms with Crippen LogP contribution in [-0.2, 0) is 10.9 Å². The number of carbonyl (C=O) groups excluding carboxylic acids is 1. The van der Waals surface area contributed by atoms with Gasteiger partial charge in [-0.3, -0.25) is 39.0 Å². The molecule has 5 rings (SSSR count). The Balaban J connectivity index is 2.07. The number of amides is 1. The van der Waals surface area contributed by atoms with E-state index in [2.05, 4.69) is 9.97 Å². The fourth-order valence-electron chi connectivity index (χ4n) is 6.92. The summed E-state index contributed by atoms with van der Waals surface area (Å²) in [4.78, 5) is 76.9. The smallest absolute Gasteiger partial charge is 0.431 e. The standard InChI is InChI=1S/C36H40F4N8O9/c1-18(2)25-30(26(19(3)4)42-17-41-25)46-28-21(15-24(36(38,39)40)45(32(28)50)29-22(37)9-8-10-23(29)47(53)54)27(31(33(46)51)48(55)56)44-13-12-43(16-20(44)11-14-49)34(52)57-35(5,6)7/h8-10,15,17-20,49H,11-14,16H2,1-7H3/t20-/m0/s1. The van der Waals surface area contributed by atoms with Crippen molar-refractivity contribution in [3.8, 4) is 11.4 Å². The molecular weight excluding hydrogens is 764 g/mol. The molecule has 1 aliphatic heterocycles. The highest BCUT2D eigenvalue weighted by atomic mass is 19.4. The predicted molar refractivity (Wildman–Crippen MR) is 198 cm³/mol. The third-order valence-corrected chi connectivity index (χ3v) is 9.23. The zero-order valence-corrected chi connectivity index (χ0v) is 32.0. The van der Waals surface area contributed by atoms with Crippen molar-refractivity contribution in [2.24, 2.45) is 0 Å². The molecule has 57 heavy (non-hydrogen) atoms. The number of nitro benzene ring substituents is 1. The highest BCUT2D eigenvalue weighted by Crippen LogP contribution is 2.42. The van der Waals surface area contributed by atoms with E-state index < -0.39 is 108 Å². The number of hydrogen-bond donors (Lipinski definition) is 1. The second kappa shape index (κ2) is 15.5. The number of nitrogens with zero attached hydrogens (tertiary/aromatic N) is 8. The van der Waals surface area contributed by atoms with Crippen molar-refractivity contribution in [3.05, 3.63) is 94.4 Å². The monoisotopic (exact) mass is 804 g/mol. The van der Waals surface area contributed by atoms with E-state index in [1.54, 1.807) is 48.5 Å². The number of rotatable bonds is 9. The van der Waals surface area contributed by atoms with Crippen LogP contribution in [0.25, 0.3) is 22.3 Å². The summed E-state index contributed by atoms with van der Waals surface area (Å²) < 4.78 is 67.2. The first kappa shape index (κ1) is 42.2. The highest BCUT2D eigenvalue weighted by Gasteiger charge is 2.43. The van der Waals surface area contributed by atoms with E-state index in [9.17, 15) is 34.9 Å². The van der Waals surface area contributed by atoms with Gasteiger partial charge in [-0.1, -0.05) is 33.8 Å². The number of aliphatic hydroxyl groups excluding tert-OH is 1. The molecule has 1 amide bonds. The molecule has 17 nitrogen and oxygen atoms in total. The van der Waals surface area contributed by atoms with Gasteiger partial charge in [-0.2, -0.15) is 13.2 Å². The lowest BCUT2D eigenvalue weighted by Crippen LogP contribution is -2.56. The summed E-state index contributed by atoms with van der Waals surface area (Å²) in [6.07, 6.45) is -5.44. The molecule has 0 bridgehead atoms. The van der Waals surface area contributed by atoms with Gasteiger partial charge < -0.3 is 19.6 Å². The van der Waals surface area contributed by atoms with E-state index in [-0.39, 0.29) is 47.7 Å². The average molecular weight is 805 g/mol. The molecule has 1 N–H and O–H groups in total. The first-order chi connectivity index (χ1) is 26.5. The quantitative estimate of drug-likeness (QED) is 0.118. The van der Waals surface area contributed by atoms with Crippen LogP contribution in [0.15, 0.2) is 40.2 Å².